The Hall–Kier alpha value is -0.930. The van der Waals surface area contributed by atoms with Crippen molar-refractivity contribution < 1.29 is 0 Å². The number of rotatable bonds is 5. The van der Waals surface area contributed by atoms with Gasteiger partial charge in [-0.1, -0.05) is 6.07 Å². The number of nitrogens with two attached hydrogens (primary N) is 1. The topological polar surface area (TPSA) is 42.1 Å². The lowest BCUT2D eigenvalue weighted by Crippen LogP contribution is -2.24. The van der Waals surface area contributed by atoms with Crippen molar-refractivity contribution in [2.75, 3.05) is 26.2 Å². The third-order valence-corrected chi connectivity index (χ3v) is 3.36. The van der Waals surface area contributed by atoms with Crippen LogP contribution in [0.25, 0.3) is 0 Å². The highest BCUT2D eigenvalue weighted by Gasteiger charge is 2.21. The van der Waals surface area contributed by atoms with Crippen LogP contribution in [0.4, 0.5) is 0 Å². The molecule has 1 aromatic heterocycles. The van der Waals surface area contributed by atoms with Crippen molar-refractivity contribution in [2.24, 2.45) is 11.7 Å². The molecule has 1 aliphatic heterocycles. The highest BCUT2D eigenvalue weighted by atomic mass is 15.1. The van der Waals surface area contributed by atoms with Crippen molar-refractivity contribution in [3.63, 3.8) is 0 Å². The van der Waals surface area contributed by atoms with E-state index in [9.17, 15) is 0 Å². The van der Waals surface area contributed by atoms with Crippen LogP contribution in [0.3, 0.4) is 0 Å². The van der Waals surface area contributed by atoms with Gasteiger partial charge in [0.2, 0.25) is 0 Å². The summed E-state index contributed by atoms with van der Waals surface area (Å²) in [5, 5.41) is 0. The molecule has 1 unspecified atom stereocenters. The van der Waals surface area contributed by atoms with Crippen LogP contribution in [0.5, 0.6) is 0 Å². The Morgan fingerprint density at radius 1 is 1.44 bits per heavy atom. The monoisotopic (exact) mass is 219 g/mol. The molecule has 0 saturated carbocycles. The molecule has 0 aromatic carbocycles. The van der Waals surface area contributed by atoms with Gasteiger partial charge in [0.05, 0.1) is 0 Å². The number of likely N-dealkylation sites (tertiary alicyclic amines) is 1. The van der Waals surface area contributed by atoms with Crippen LogP contribution in [-0.2, 0) is 6.42 Å². The van der Waals surface area contributed by atoms with Crippen molar-refractivity contribution >= 4 is 0 Å². The average Bonchev–Trinajstić information content (AvgIpc) is 2.76. The summed E-state index contributed by atoms with van der Waals surface area (Å²) in [6, 6.07) is 6.13. The lowest BCUT2D eigenvalue weighted by atomic mass is 10.1. The van der Waals surface area contributed by atoms with Crippen LogP contribution in [0, 0.1) is 5.92 Å². The molecule has 3 heteroatoms. The highest BCUT2D eigenvalue weighted by Crippen LogP contribution is 2.18. The van der Waals surface area contributed by atoms with E-state index in [-0.39, 0.29) is 0 Å². The molecule has 3 nitrogen and oxygen atoms in total. The number of aromatic nitrogens is 1. The minimum atomic E-state index is 0.828. The summed E-state index contributed by atoms with van der Waals surface area (Å²) in [4.78, 5) is 6.89. The quantitative estimate of drug-likeness (QED) is 0.811. The number of hydrogen-bond acceptors (Lipinski definition) is 3. The fourth-order valence-electron chi connectivity index (χ4n) is 2.41. The van der Waals surface area contributed by atoms with Crippen molar-refractivity contribution in [1.82, 2.24) is 9.88 Å². The van der Waals surface area contributed by atoms with Gasteiger partial charge in [0.15, 0.2) is 0 Å². The van der Waals surface area contributed by atoms with E-state index in [0.29, 0.717) is 0 Å². The van der Waals surface area contributed by atoms with Crippen LogP contribution in [0.2, 0.25) is 0 Å². The summed E-state index contributed by atoms with van der Waals surface area (Å²) in [6.07, 6.45) is 5.44. The van der Waals surface area contributed by atoms with Crippen LogP contribution in [-0.4, -0.2) is 36.1 Å². The molecule has 88 valence electrons. The first kappa shape index (κ1) is 11.6. The molecule has 0 spiro atoms. The van der Waals surface area contributed by atoms with E-state index in [2.05, 4.69) is 22.0 Å². The zero-order valence-corrected chi connectivity index (χ0v) is 9.81. The third-order valence-electron chi connectivity index (χ3n) is 3.36. The second-order valence-electron chi connectivity index (χ2n) is 4.60. The average molecular weight is 219 g/mol. The maximum atomic E-state index is 5.59. The fourth-order valence-corrected chi connectivity index (χ4v) is 2.41. The molecule has 1 saturated heterocycles. The SMILES string of the molecule is NCCC1CCN(CCc2ccccn2)C1. The number of pyridine rings is 1. The third kappa shape index (κ3) is 3.29. The lowest BCUT2D eigenvalue weighted by molar-refractivity contribution is 0.324. The van der Waals surface area contributed by atoms with Crippen molar-refractivity contribution in [3.05, 3.63) is 30.1 Å². The molecule has 2 N–H and O–H groups in total. The Kier molecular flexibility index (Phi) is 4.31. The smallest absolute Gasteiger partial charge is 0.0416 e. The predicted octanol–water partition coefficient (Wildman–Crippen LogP) is 1.29. The van der Waals surface area contributed by atoms with Gasteiger partial charge in [-0.3, -0.25) is 4.98 Å². The zero-order chi connectivity index (χ0) is 11.2. The summed E-state index contributed by atoms with van der Waals surface area (Å²) in [5.41, 5.74) is 6.79. The van der Waals surface area contributed by atoms with Crippen LogP contribution >= 0.6 is 0 Å². The van der Waals surface area contributed by atoms with E-state index in [1.165, 1.54) is 31.6 Å². The van der Waals surface area contributed by atoms with Gasteiger partial charge in [-0.25, -0.2) is 0 Å². The first-order valence-electron chi connectivity index (χ1n) is 6.21. The minimum absolute atomic E-state index is 0.828. The van der Waals surface area contributed by atoms with Gasteiger partial charge in [-0.15, -0.1) is 0 Å². The molecule has 1 atom stereocenters. The van der Waals surface area contributed by atoms with Gasteiger partial charge >= 0.3 is 0 Å². The van der Waals surface area contributed by atoms with E-state index >= 15 is 0 Å². The summed E-state index contributed by atoms with van der Waals surface area (Å²) in [6.45, 7) is 4.43. The second kappa shape index (κ2) is 5.97. The summed E-state index contributed by atoms with van der Waals surface area (Å²) in [5.74, 6) is 0.828. The molecule has 0 amide bonds. The van der Waals surface area contributed by atoms with Crippen LogP contribution in [0.1, 0.15) is 18.5 Å². The van der Waals surface area contributed by atoms with Crippen molar-refractivity contribution in [2.45, 2.75) is 19.3 Å². The molecule has 16 heavy (non-hydrogen) atoms. The summed E-state index contributed by atoms with van der Waals surface area (Å²) >= 11 is 0. The molecular formula is C13H21N3. The largest absolute Gasteiger partial charge is 0.330 e. The molecule has 0 bridgehead atoms. The summed E-state index contributed by atoms with van der Waals surface area (Å²) < 4.78 is 0. The van der Waals surface area contributed by atoms with Gasteiger partial charge in [0.1, 0.15) is 0 Å². The first-order chi connectivity index (χ1) is 7.88. The van der Waals surface area contributed by atoms with Crippen molar-refractivity contribution in [3.8, 4) is 0 Å². The number of nitrogens with zero attached hydrogens (tertiary/aromatic N) is 2. The molecule has 0 radical (unpaired) electrons. The second-order valence-corrected chi connectivity index (χ2v) is 4.60. The van der Waals surface area contributed by atoms with E-state index in [1.54, 1.807) is 0 Å². The molecule has 2 heterocycles. The van der Waals surface area contributed by atoms with E-state index in [4.69, 9.17) is 5.73 Å². The summed E-state index contributed by atoms with van der Waals surface area (Å²) in [7, 11) is 0. The van der Waals surface area contributed by atoms with Crippen molar-refractivity contribution in [1.29, 1.82) is 0 Å². The van der Waals surface area contributed by atoms with E-state index in [0.717, 1.165) is 25.4 Å². The maximum Gasteiger partial charge on any atom is 0.0416 e. The fraction of sp³-hybridized carbons (Fsp3) is 0.615. The Bertz CT molecular complexity index is 299. The van der Waals surface area contributed by atoms with E-state index in [1.807, 2.05) is 12.3 Å². The standard InChI is InChI=1S/C13H21N3/c14-7-4-12-5-9-16(11-12)10-6-13-3-1-2-8-15-13/h1-3,8,12H,4-7,9-11,14H2. The van der Waals surface area contributed by atoms with Crippen LogP contribution in [0.15, 0.2) is 24.4 Å². The van der Waals surface area contributed by atoms with Gasteiger partial charge in [-0.2, -0.15) is 0 Å². The zero-order valence-electron chi connectivity index (χ0n) is 9.81. The Morgan fingerprint density at radius 2 is 2.38 bits per heavy atom. The first-order valence-corrected chi connectivity index (χ1v) is 6.21. The van der Waals surface area contributed by atoms with E-state index < -0.39 is 0 Å². The molecule has 0 aliphatic carbocycles. The van der Waals surface area contributed by atoms with Crippen LogP contribution < -0.4 is 5.73 Å². The van der Waals surface area contributed by atoms with Gasteiger partial charge in [0.25, 0.3) is 0 Å². The van der Waals surface area contributed by atoms with Gasteiger partial charge < -0.3 is 10.6 Å². The molecule has 1 aliphatic rings. The Morgan fingerprint density at radius 3 is 3.12 bits per heavy atom. The normalized spacial score (nSPS) is 21.4. The van der Waals surface area contributed by atoms with Gasteiger partial charge in [0, 0.05) is 31.4 Å². The van der Waals surface area contributed by atoms with Gasteiger partial charge in [-0.05, 0) is 44.0 Å². The maximum absolute atomic E-state index is 5.59. The molecule has 1 fully saturated rings. The molecule has 2 rings (SSSR count). The minimum Gasteiger partial charge on any atom is -0.330 e. The Labute approximate surface area is 97.7 Å². The predicted molar refractivity (Wildman–Crippen MR) is 66.2 cm³/mol. The lowest BCUT2D eigenvalue weighted by Gasteiger charge is -2.15. The Balaban J connectivity index is 1.72. The number of hydrogen-bond donors (Lipinski definition) is 1. The molecular weight excluding hydrogens is 198 g/mol. The molecule has 1 aromatic rings. The highest BCUT2D eigenvalue weighted by molar-refractivity contribution is 5.03.